The molecule has 1 aliphatic carbocycles. The summed E-state index contributed by atoms with van der Waals surface area (Å²) < 4.78 is 0. The topological polar surface area (TPSA) is 12.0 Å². The lowest BCUT2D eigenvalue weighted by Crippen LogP contribution is -2.44. The molecule has 2 rings (SSSR count). The summed E-state index contributed by atoms with van der Waals surface area (Å²) >= 11 is 0. The molecule has 0 heterocycles. The normalized spacial score (nSPS) is 18.9. The van der Waals surface area contributed by atoms with Crippen molar-refractivity contribution in [2.75, 3.05) is 6.54 Å². The van der Waals surface area contributed by atoms with Gasteiger partial charge < -0.3 is 5.32 Å². The van der Waals surface area contributed by atoms with Gasteiger partial charge in [-0.3, -0.25) is 0 Å². The molecule has 1 N–H and O–H groups in total. The predicted octanol–water partition coefficient (Wildman–Crippen LogP) is 4.65. The molecule has 1 aromatic carbocycles. The van der Waals surface area contributed by atoms with E-state index in [-0.39, 0.29) is 5.54 Å². The Bertz CT molecular complexity index is 445. The van der Waals surface area contributed by atoms with Gasteiger partial charge in [-0.05, 0) is 70.8 Å². The number of hydrogen-bond acceptors (Lipinski definition) is 1. The Kier molecular flexibility index (Phi) is 4.30. The monoisotopic (exact) mass is 273 g/mol. The van der Waals surface area contributed by atoms with Crippen LogP contribution in [0.25, 0.3) is 0 Å². The minimum Gasteiger partial charge on any atom is -0.312 e. The summed E-state index contributed by atoms with van der Waals surface area (Å²) in [6.07, 6.45) is 4.02. The summed E-state index contributed by atoms with van der Waals surface area (Å²) in [5, 5.41) is 3.73. The Balaban J connectivity index is 2.12. The van der Waals surface area contributed by atoms with Crippen LogP contribution in [-0.2, 0) is 6.42 Å². The third-order valence-corrected chi connectivity index (χ3v) is 4.47. The molecular formula is C19H31N. The molecule has 1 nitrogen and oxygen atoms in total. The van der Waals surface area contributed by atoms with Gasteiger partial charge in [-0.2, -0.15) is 0 Å². The fraction of sp³-hybridized carbons (Fsp3) is 0.684. The molecule has 1 aliphatic rings. The van der Waals surface area contributed by atoms with Gasteiger partial charge >= 0.3 is 0 Å². The molecule has 0 radical (unpaired) electrons. The summed E-state index contributed by atoms with van der Waals surface area (Å²) in [7, 11) is 0. The minimum atomic E-state index is 0.207. The van der Waals surface area contributed by atoms with Gasteiger partial charge in [0.25, 0.3) is 0 Å². The second-order valence-corrected chi connectivity index (χ2v) is 8.20. The zero-order valence-corrected chi connectivity index (χ0v) is 14.1. The SMILES string of the molecule is Cc1cc(C)cc(CC(C)(CNC(C)(C)C)C2CC2)c1. The van der Waals surface area contributed by atoms with E-state index in [2.05, 4.69) is 65.1 Å². The molecule has 0 aliphatic heterocycles. The van der Waals surface area contributed by atoms with Crippen molar-refractivity contribution in [3.8, 4) is 0 Å². The van der Waals surface area contributed by atoms with E-state index in [0.29, 0.717) is 5.41 Å². The van der Waals surface area contributed by atoms with Crippen LogP contribution in [0.1, 0.15) is 57.2 Å². The maximum Gasteiger partial charge on any atom is 0.00967 e. The van der Waals surface area contributed by atoms with Crippen LogP contribution in [0.3, 0.4) is 0 Å². The van der Waals surface area contributed by atoms with Gasteiger partial charge in [-0.25, -0.2) is 0 Å². The van der Waals surface area contributed by atoms with Gasteiger partial charge in [0, 0.05) is 12.1 Å². The number of aryl methyl sites for hydroxylation is 2. The lowest BCUT2D eigenvalue weighted by molar-refractivity contribution is 0.227. The summed E-state index contributed by atoms with van der Waals surface area (Å²) in [4.78, 5) is 0. The standard InChI is InChI=1S/C19H31N/c1-14-9-15(2)11-16(10-14)12-19(6,17-7-8-17)13-20-18(3,4)5/h9-11,17,20H,7-8,12-13H2,1-6H3. The first-order chi connectivity index (χ1) is 9.18. The van der Waals surface area contributed by atoms with Crippen LogP contribution in [0.4, 0.5) is 0 Å². The van der Waals surface area contributed by atoms with E-state index in [1.54, 1.807) is 0 Å². The molecule has 0 spiro atoms. The van der Waals surface area contributed by atoms with Crippen LogP contribution in [0.5, 0.6) is 0 Å². The smallest absolute Gasteiger partial charge is 0.00967 e. The van der Waals surface area contributed by atoms with E-state index < -0.39 is 0 Å². The third-order valence-electron chi connectivity index (χ3n) is 4.47. The first kappa shape index (κ1) is 15.6. The average molecular weight is 273 g/mol. The maximum atomic E-state index is 3.73. The molecule has 1 atom stereocenters. The Morgan fingerprint density at radius 2 is 1.55 bits per heavy atom. The number of benzene rings is 1. The molecule has 1 aromatic rings. The number of nitrogens with one attached hydrogen (secondary N) is 1. The lowest BCUT2D eigenvalue weighted by atomic mass is 9.78. The van der Waals surface area contributed by atoms with Crippen LogP contribution in [0.15, 0.2) is 18.2 Å². The molecule has 1 fully saturated rings. The third kappa shape index (κ3) is 4.34. The van der Waals surface area contributed by atoms with Crippen molar-refractivity contribution in [1.29, 1.82) is 0 Å². The Hall–Kier alpha value is -0.820. The highest BCUT2D eigenvalue weighted by atomic mass is 15.0. The van der Waals surface area contributed by atoms with Gasteiger partial charge in [-0.15, -0.1) is 0 Å². The van der Waals surface area contributed by atoms with E-state index in [4.69, 9.17) is 0 Å². The minimum absolute atomic E-state index is 0.207. The molecular weight excluding hydrogens is 242 g/mol. The van der Waals surface area contributed by atoms with Gasteiger partial charge in [0.15, 0.2) is 0 Å². The van der Waals surface area contributed by atoms with E-state index in [1.165, 1.54) is 36.0 Å². The molecule has 0 aromatic heterocycles. The van der Waals surface area contributed by atoms with Crippen molar-refractivity contribution in [2.24, 2.45) is 11.3 Å². The van der Waals surface area contributed by atoms with Gasteiger partial charge in [-0.1, -0.05) is 36.2 Å². The first-order valence-electron chi connectivity index (χ1n) is 8.00. The van der Waals surface area contributed by atoms with Crippen LogP contribution in [0.2, 0.25) is 0 Å². The molecule has 0 bridgehead atoms. The van der Waals surface area contributed by atoms with E-state index >= 15 is 0 Å². The molecule has 1 unspecified atom stereocenters. The van der Waals surface area contributed by atoms with Crippen molar-refractivity contribution < 1.29 is 0 Å². The first-order valence-corrected chi connectivity index (χ1v) is 8.00. The highest BCUT2D eigenvalue weighted by Crippen LogP contribution is 2.47. The maximum absolute atomic E-state index is 3.73. The molecule has 1 saturated carbocycles. The molecule has 0 amide bonds. The van der Waals surface area contributed by atoms with Gasteiger partial charge in [0.1, 0.15) is 0 Å². The molecule has 1 heteroatoms. The average Bonchev–Trinajstić information content (AvgIpc) is 3.07. The van der Waals surface area contributed by atoms with Crippen LogP contribution in [0, 0.1) is 25.2 Å². The number of rotatable bonds is 5. The lowest BCUT2D eigenvalue weighted by Gasteiger charge is -2.34. The highest BCUT2D eigenvalue weighted by Gasteiger charge is 2.41. The largest absolute Gasteiger partial charge is 0.312 e. The second kappa shape index (κ2) is 5.52. The molecule has 0 saturated heterocycles. The summed E-state index contributed by atoms with van der Waals surface area (Å²) in [6, 6.07) is 7.00. The van der Waals surface area contributed by atoms with E-state index in [9.17, 15) is 0 Å². The molecule has 112 valence electrons. The fourth-order valence-corrected chi connectivity index (χ4v) is 3.24. The fourth-order valence-electron chi connectivity index (χ4n) is 3.24. The van der Waals surface area contributed by atoms with Crippen LogP contribution in [-0.4, -0.2) is 12.1 Å². The van der Waals surface area contributed by atoms with Crippen molar-refractivity contribution in [3.05, 3.63) is 34.9 Å². The van der Waals surface area contributed by atoms with Crippen molar-refractivity contribution in [3.63, 3.8) is 0 Å². The van der Waals surface area contributed by atoms with E-state index in [1.807, 2.05) is 0 Å². The van der Waals surface area contributed by atoms with Crippen molar-refractivity contribution in [1.82, 2.24) is 5.32 Å². The highest BCUT2D eigenvalue weighted by molar-refractivity contribution is 5.29. The van der Waals surface area contributed by atoms with Crippen molar-refractivity contribution in [2.45, 2.75) is 66.3 Å². The predicted molar refractivity (Wildman–Crippen MR) is 88.2 cm³/mol. The summed E-state index contributed by atoms with van der Waals surface area (Å²) in [6.45, 7) is 14.8. The van der Waals surface area contributed by atoms with E-state index in [0.717, 1.165) is 12.5 Å². The Labute approximate surface area is 125 Å². The van der Waals surface area contributed by atoms with Crippen LogP contribution >= 0.6 is 0 Å². The van der Waals surface area contributed by atoms with Crippen molar-refractivity contribution >= 4 is 0 Å². The summed E-state index contributed by atoms with van der Waals surface area (Å²) in [5.41, 5.74) is 4.89. The Morgan fingerprint density at radius 3 is 2.00 bits per heavy atom. The zero-order valence-electron chi connectivity index (χ0n) is 14.1. The second-order valence-electron chi connectivity index (χ2n) is 8.20. The summed E-state index contributed by atoms with van der Waals surface area (Å²) in [5.74, 6) is 0.901. The Morgan fingerprint density at radius 1 is 1.00 bits per heavy atom. The number of hydrogen-bond donors (Lipinski definition) is 1. The van der Waals surface area contributed by atoms with Gasteiger partial charge in [0.05, 0.1) is 0 Å². The zero-order chi connectivity index (χ0) is 15.0. The molecule has 20 heavy (non-hydrogen) atoms. The van der Waals surface area contributed by atoms with Gasteiger partial charge in [0.2, 0.25) is 0 Å². The quantitative estimate of drug-likeness (QED) is 0.823. The van der Waals surface area contributed by atoms with Crippen LogP contribution < -0.4 is 5.32 Å².